The molecule has 0 bridgehead atoms. The van der Waals surface area contributed by atoms with E-state index in [4.69, 9.17) is 0 Å². The van der Waals surface area contributed by atoms with Crippen molar-refractivity contribution >= 4 is 23.2 Å². The van der Waals surface area contributed by atoms with Gasteiger partial charge in [-0.05, 0) is 69.5 Å². The quantitative estimate of drug-likeness (QED) is 0.384. The van der Waals surface area contributed by atoms with E-state index in [1.165, 1.54) is 5.56 Å². The van der Waals surface area contributed by atoms with Crippen LogP contribution in [0.2, 0.25) is 0 Å². The molecule has 4 rings (SSSR count). The molecule has 0 radical (unpaired) electrons. The van der Waals surface area contributed by atoms with Gasteiger partial charge in [0.1, 0.15) is 0 Å². The molecule has 184 valence electrons. The summed E-state index contributed by atoms with van der Waals surface area (Å²) in [6.07, 6.45) is 0.914. The number of carbonyl (C=O) groups excluding carboxylic acids is 2. The molecular formula is C31H33N3O2. The van der Waals surface area contributed by atoms with Crippen LogP contribution in [-0.2, 0) is 16.0 Å². The second kappa shape index (κ2) is 10.6. The Morgan fingerprint density at radius 3 is 1.47 bits per heavy atom. The minimum atomic E-state index is -0.520. The zero-order chi connectivity index (χ0) is 25.8. The first-order valence-corrected chi connectivity index (χ1v) is 12.3. The van der Waals surface area contributed by atoms with Gasteiger partial charge in [0.25, 0.3) is 11.8 Å². The molecular weight excluding hydrogens is 446 g/mol. The van der Waals surface area contributed by atoms with Crippen molar-refractivity contribution in [1.82, 2.24) is 5.32 Å². The third kappa shape index (κ3) is 5.41. The van der Waals surface area contributed by atoms with Gasteiger partial charge < -0.3 is 16.0 Å². The first kappa shape index (κ1) is 25.0. The zero-order valence-corrected chi connectivity index (χ0v) is 21.5. The van der Waals surface area contributed by atoms with Crippen molar-refractivity contribution in [3.8, 4) is 0 Å². The van der Waals surface area contributed by atoms with Gasteiger partial charge in [0.15, 0.2) is 0 Å². The summed E-state index contributed by atoms with van der Waals surface area (Å²) < 4.78 is 0. The molecule has 0 unspecified atom stereocenters. The van der Waals surface area contributed by atoms with E-state index in [1.54, 1.807) is 0 Å². The Hall–Kier alpha value is -4.12. The molecule has 0 fully saturated rings. The predicted molar refractivity (Wildman–Crippen MR) is 147 cm³/mol. The lowest BCUT2D eigenvalue weighted by atomic mass is 9.79. The molecule has 0 atom stereocenters. The number of benzene rings is 3. The fourth-order valence-corrected chi connectivity index (χ4v) is 4.55. The Morgan fingerprint density at radius 1 is 0.667 bits per heavy atom. The molecule has 1 aliphatic rings. The monoisotopic (exact) mass is 479 g/mol. The summed E-state index contributed by atoms with van der Waals surface area (Å²) in [5.74, 6) is -0.990. The summed E-state index contributed by atoms with van der Waals surface area (Å²) in [7, 11) is 0. The van der Waals surface area contributed by atoms with Crippen LogP contribution in [0.25, 0.3) is 0 Å². The Kier molecular flexibility index (Phi) is 7.39. The van der Waals surface area contributed by atoms with Crippen molar-refractivity contribution < 1.29 is 9.59 Å². The maximum Gasteiger partial charge on any atom is 0.254 e. The van der Waals surface area contributed by atoms with Crippen LogP contribution in [-0.4, -0.2) is 11.8 Å². The lowest BCUT2D eigenvalue weighted by Crippen LogP contribution is -2.35. The molecule has 3 N–H and O–H groups in total. The van der Waals surface area contributed by atoms with E-state index in [0.29, 0.717) is 22.5 Å². The zero-order valence-electron chi connectivity index (χ0n) is 21.5. The van der Waals surface area contributed by atoms with Crippen molar-refractivity contribution in [2.75, 3.05) is 10.6 Å². The van der Waals surface area contributed by atoms with Crippen molar-refractivity contribution in [3.63, 3.8) is 0 Å². The Bertz CT molecular complexity index is 1250. The van der Waals surface area contributed by atoms with Crippen LogP contribution < -0.4 is 16.0 Å². The van der Waals surface area contributed by atoms with E-state index in [-0.39, 0.29) is 11.8 Å². The molecule has 1 heterocycles. The molecule has 0 saturated carbocycles. The first-order chi connectivity index (χ1) is 17.3. The highest BCUT2D eigenvalue weighted by Gasteiger charge is 2.36. The van der Waals surface area contributed by atoms with Gasteiger partial charge in [-0.3, -0.25) is 9.59 Å². The van der Waals surface area contributed by atoms with Gasteiger partial charge in [0, 0.05) is 39.8 Å². The summed E-state index contributed by atoms with van der Waals surface area (Å²) in [5.41, 5.74) is 8.27. The van der Waals surface area contributed by atoms with Crippen LogP contribution in [0.15, 0.2) is 95.3 Å². The number of carbonyl (C=O) groups is 2. The van der Waals surface area contributed by atoms with Crippen LogP contribution in [0.1, 0.15) is 48.9 Å². The number of nitrogens with one attached hydrogen (secondary N) is 3. The molecule has 0 aliphatic carbocycles. The Balaban J connectivity index is 1.75. The third-order valence-corrected chi connectivity index (χ3v) is 6.59. The van der Waals surface area contributed by atoms with Crippen LogP contribution in [0.3, 0.4) is 0 Å². The number of dihydropyridines is 1. The van der Waals surface area contributed by atoms with Gasteiger partial charge in [-0.15, -0.1) is 0 Å². The van der Waals surface area contributed by atoms with Gasteiger partial charge >= 0.3 is 0 Å². The van der Waals surface area contributed by atoms with E-state index < -0.39 is 5.92 Å². The molecule has 0 saturated heterocycles. The maximum atomic E-state index is 13.7. The second-order valence-corrected chi connectivity index (χ2v) is 9.37. The molecule has 3 aromatic rings. The number of amides is 2. The minimum Gasteiger partial charge on any atom is -0.362 e. The van der Waals surface area contributed by atoms with Crippen molar-refractivity contribution in [2.45, 2.75) is 47.0 Å². The van der Waals surface area contributed by atoms with E-state index in [2.05, 4.69) is 35.0 Å². The second-order valence-electron chi connectivity index (χ2n) is 9.37. The Morgan fingerprint density at radius 2 is 1.08 bits per heavy atom. The van der Waals surface area contributed by atoms with E-state index in [0.717, 1.165) is 34.5 Å². The molecule has 0 aromatic heterocycles. The van der Waals surface area contributed by atoms with Crippen molar-refractivity contribution in [1.29, 1.82) is 0 Å². The topological polar surface area (TPSA) is 70.2 Å². The number of aryl methyl sites for hydroxylation is 3. The van der Waals surface area contributed by atoms with Crippen LogP contribution >= 0.6 is 0 Å². The van der Waals surface area contributed by atoms with E-state index in [1.807, 2.05) is 88.4 Å². The predicted octanol–water partition coefficient (Wildman–Crippen LogP) is 6.38. The SMILES string of the molecule is CCc1ccc(C2C(C(=O)Nc3ccc(C)cc3)=C(C)NC(C)=C2C(=O)Nc2ccc(C)cc2)cc1. The highest BCUT2D eigenvalue weighted by atomic mass is 16.2. The number of hydrogen-bond donors (Lipinski definition) is 3. The summed E-state index contributed by atoms with van der Waals surface area (Å²) in [5, 5.41) is 9.35. The van der Waals surface area contributed by atoms with Crippen LogP contribution in [0.4, 0.5) is 11.4 Å². The van der Waals surface area contributed by atoms with Gasteiger partial charge in [-0.25, -0.2) is 0 Å². The molecule has 2 amide bonds. The van der Waals surface area contributed by atoms with E-state index in [9.17, 15) is 9.59 Å². The molecule has 3 aromatic carbocycles. The average molecular weight is 480 g/mol. The number of hydrogen-bond acceptors (Lipinski definition) is 3. The summed E-state index contributed by atoms with van der Waals surface area (Å²) in [4.78, 5) is 27.4. The van der Waals surface area contributed by atoms with Crippen LogP contribution in [0, 0.1) is 13.8 Å². The summed E-state index contributed by atoms with van der Waals surface area (Å²) in [6, 6.07) is 23.5. The van der Waals surface area contributed by atoms with Gasteiger partial charge in [-0.2, -0.15) is 0 Å². The fraction of sp³-hybridized carbons (Fsp3) is 0.226. The highest BCUT2D eigenvalue weighted by Crippen LogP contribution is 2.39. The minimum absolute atomic E-state index is 0.235. The van der Waals surface area contributed by atoms with Crippen LogP contribution in [0.5, 0.6) is 0 Å². The molecule has 36 heavy (non-hydrogen) atoms. The summed E-state index contributed by atoms with van der Waals surface area (Å²) in [6.45, 7) is 9.89. The molecule has 5 nitrogen and oxygen atoms in total. The maximum absolute atomic E-state index is 13.7. The van der Waals surface area contributed by atoms with Gasteiger partial charge in [0.05, 0.1) is 0 Å². The molecule has 5 heteroatoms. The van der Waals surface area contributed by atoms with Gasteiger partial charge in [-0.1, -0.05) is 66.6 Å². The fourth-order valence-electron chi connectivity index (χ4n) is 4.55. The third-order valence-electron chi connectivity index (χ3n) is 6.59. The smallest absolute Gasteiger partial charge is 0.254 e. The first-order valence-electron chi connectivity index (χ1n) is 12.3. The largest absolute Gasteiger partial charge is 0.362 e. The van der Waals surface area contributed by atoms with Crippen molar-refractivity contribution in [3.05, 3.63) is 118 Å². The van der Waals surface area contributed by atoms with E-state index >= 15 is 0 Å². The van der Waals surface area contributed by atoms with Gasteiger partial charge in [0.2, 0.25) is 0 Å². The highest BCUT2D eigenvalue weighted by molar-refractivity contribution is 6.11. The molecule has 1 aliphatic heterocycles. The lowest BCUT2D eigenvalue weighted by Gasteiger charge is -2.31. The number of rotatable bonds is 6. The lowest BCUT2D eigenvalue weighted by molar-refractivity contribution is -0.113. The average Bonchev–Trinajstić information content (AvgIpc) is 2.86. The number of anilines is 2. The molecule has 0 spiro atoms. The Labute approximate surface area is 213 Å². The standard InChI is InChI=1S/C31H33N3O2/c1-6-23-11-13-24(14-12-23)29-27(30(35)33-25-15-7-19(2)8-16-25)21(4)32-22(5)28(29)31(36)34-26-17-9-20(3)10-18-26/h7-18,29,32H,6H2,1-5H3,(H,33,35)(H,34,36). The normalized spacial score (nSPS) is 13.9. The number of allylic oxidation sites excluding steroid dienone is 2. The summed E-state index contributed by atoms with van der Waals surface area (Å²) >= 11 is 0. The van der Waals surface area contributed by atoms with Crippen molar-refractivity contribution in [2.24, 2.45) is 0 Å².